The summed E-state index contributed by atoms with van der Waals surface area (Å²) in [4.78, 5) is 4.37. The van der Waals surface area contributed by atoms with E-state index in [-0.39, 0.29) is 12.5 Å². The van der Waals surface area contributed by atoms with Gasteiger partial charge in [-0.1, -0.05) is 13.3 Å². The Morgan fingerprint density at radius 2 is 1.94 bits per heavy atom. The van der Waals surface area contributed by atoms with Crippen molar-refractivity contribution in [2.75, 3.05) is 26.2 Å². The number of rotatable bonds is 4. The second-order valence-corrected chi connectivity index (χ2v) is 6.21. The van der Waals surface area contributed by atoms with Gasteiger partial charge >= 0.3 is 0 Å². The van der Waals surface area contributed by atoms with Crippen LogP contribution in [0.1, 0.15) is 40.0 Å². The van der Waals surface area contributed by atoms with Crippen molar-refractivity contribution in [3.8, 4) is 0 Å². The molecule has 2 saturated heterocycles. The number of piperidine rings is 1. The highest BCUT2D eigenvalue weighted by Crippen LogP contribution is 2.37. The van der Waals surface area contributed by atoms with E-state index in [2.05, 4.69) is 18.7 Å². The number of likely N-dealkylation sites (tertiary alicyclic amines) is 2. The Balaban J connectivity index is 1.84. The molecule has 2 nitrogen and oxygen atoms in total. The largest absolute Gasteiger partial charge is 0.298 e. The lowest BCUT2D eigenvalue weighted by Crippen LogP contribution is -2.64. The van der Waals surface area contributed by atoms with Crippen LogP contribution >= 0.6 is 0 Å². The Kier molecular flexibility index (Phi) is 4.27. The predicted octanol–water partition coefficient (Wildman–Crippen LogP) is 2.84. The molecule has 0 radical (unpaired) electrons. The molecular weight excluding hydrogens is 234 g/mol. The third kappa shape index (κ3) is 2.85. The van der Waals surface area contributed by atoms with Crippen molar-refractivity contribution < 1.29 is 8.78 Å². The van der Waals surface area contributed by atoms with E-state index in [0.717, 1.165) is 26.1 Å². The number of halogens is 2. The van der Waals surface area contributed by atoms with E-state index in [1.807, 2.05) is 11.8 Å². The fourth-order valence-electron chi connectivity index (χ4n) is 3.17. The van der Waals surface area contributed by atoms with Gasteiger partial charge in [0.15, 0.2) is 0 Å². The van der Waals surface area contributed by atoms with Crippen LogP contribution in [0.15, 0.2) is 0 Å². The summed E-state index contributed by atoms with van der Waals surface area (Å²) >= 11 is 0. The van der Waals surface area contributed by atoms with Gasteiger partial charge in [-0.2, -0.15) is 0 Å². The summed E-state index contributed by atoms with van der Waals surface area (Å²) in [5.41, 5.74) is 0. The Morgan fingerprint density at radius 1 is 1.28 bits per heavy atom. The van der Waals surface area contributed by atoms with Crippen LogP contribution in [0.25, 0.3) is 0 Å². The fourth-order valence-corrected chi connectivity index (χ4v) is 3.17. The summed E-state index contributed by atoms with van der Waals surface area (Å²) in [5.74, 6) is -2.87. The van der Waals surface area contributed by atoms with E-state index in [1.165, 1.54) is 0 Å². The quantitative estimate of drug-likeness (QED) is 0.767. The van der Waals surface area contributed by atoms with E-state index in [1.54, 1.807) is 0 Å². The first-order chi connectivity index (χ1) is 8.44. The first kappa shape index (κ1) is 14.2. The molecule has 0 bridgehead atoms. The summed E-state index contributed by atoms with van der Waals surface area (Å²) in [6.07, 6.45) is 2.20. The van der Waals surface area contributed by atoms with Gasteiger partial charge in [0.1, 0.15) is 0 Å². The van der Waals surface area contributed by atoms with Gasteiger partial charge in [0.25, 0.3) is 5.92 Å². The maximum absolute atomic E-state index is 14.0. The molecule has 2 heterocycles. The number of hydrogen-bond acceptors (Lipinski definition) is 2. The van der Waals surface area contributed by atoms with Crippen molar-refractivity contribution in [2.45, 2.75) is 58.0 Å². The van der Waals surface area contributed by atoms with Gasteiger partial charge < -0.3 is 0 Å². The maximum atomic E-state index is 14.0. The SMILES string of the molecule is CCCC1CCN(C2CN(C(C)C)C2)CC1(F)F. The van der Waals surface area contributed by atoms with Gasteiger partial charge in [0.2, 0.25) is 0 Å². The normalized spacial score (nSPS) is 30.7. The molecule has 1 atom stereocenters. The monoisotopic (exact) mass is 260 g/mol. The van der Waals surface area contributed by atoms with Crippen molar-refractivity contribution in [2.24, 2.45) is 5.92 Å². The minimum atomic E-state index is -2.48. The summed E-state index contributed by atoms with van der Waals surface area (Å²) < 4.78 is 28.1. The highest BCUT2D eigenvalue weighted by atomic mass is 19.3. The van der Waals surface area contributed by atoms with Crippen molar-refractivity contribution in [3.63, 3.8) is 0 Å². The molecule has 1 unspecified atom stereocenters. The van der Waals surface area contributed by atoms with Gasteiger partial charge in [-0.05, 0) is 33.2 Å². The molecule has 0 N–H and O–H groups in total. The molecule has 0 amide bonds. The lowest BCUT2D eigenvalue weighted by atomic mass is 9.87. The minimum absolute atomic E-state index is 0.0196. The van der Waals surface area contributed by atoms with Crippen LogP contribution in [-0.2, 0) is 0 Å². The average Bonchev–Trinajstić information content (AvgIpc) is 2.18. The zero-order chi connectivity index (χ0) is 13.3. The molecule has 18 heavy (non-hydrogen) atoms. The van der Waals surface area contributed by atoms with E-state index in [0.29, 0.717) is 24.9 Å². The van der Waals surface area contributed by atoms with Gasteiger partial charge in [0.05, 0.1) is 6.54 Å². The molecule has 0 aromatic rings. The van der Waals surface area contributed by atoms with Crippen LogP contribution in [0.4, 0.5) is 8.78 Å². The lowest BCUT2D eigenvalue weighted by Gasteiger charge is -2.50. The van der Waals surface area contributed by atoms with Crippen molar-refractivity contribution >= 4 is 0 Å². The van der Waals surface area contributed by atoms with Crippen molar-refractivity contribution in [3.05, 3.63) is 0 Å². The molecule has 2 aliphatic heterocycles. The molecule has 4 heteroatoms. The van der Waals surface area contributed by atoms with Crippen LogP contribution in [0.2, 0.25) is 0 Å². The third-order valence-corrected chi connectivity index (χ3v) is 4.55. The molecular formula is C14H26F2N2. The molecule has 0 aromatic heterocycles. The van der Waals surface area contributed by atoms with Gasteiger partial charge in [-0.15, -0.1) is 0 Å². The zero-order valence-electron chi connectivity index (χ0n) is 11.8. The zero-order valence-corrected chi connectivity index (χ0v) is 11.8. The molecule has 2 fully saturated rings. The van der Waals surface area contributed by atoms with Crippen LogP contribution in [0.5, 0.6) is 0 Å². The molecule has 0 aromatic carbocycles. The Hall–Kier alpha value is -0.220. The molecule has 2 rings (SSSR count). The summed E-state index contributed by atoms with van der Waals surface area (Å²) in [5, 5.41) is 0. The Morgan fingerprint density at radius 3 is 2.44 bits per heavy atom. The third-order valence-electron chi connectivity index (χ3n) is 4.55. The highest BCUT2D eigenvalue weighted by molar-refractivity contribution is 4.95. The van der Waals surface area contributed by atoms with Crippen LogP contribution < -0.4 is 0 Å². The number of nitrogens with zero attached hydrogens (tertiary/aromatic N) is 2. The molecule has 0 spiro atoms. The second kappa shape index (κ2) is 5.41. The number of alkyl halides is 2. The van der Waals surface area contributed by atoms with E-state index in [9.17, 15) is 8.78 Å². The molecule has 0 saturated carbocycles. The number of hydrogen-bond donors (Lipinski definition) is 0. The van der Waals surface area contributed by atoms with Gasteiger partial charge in [-0.3, -0.25) is 9.80 Å². The smallest absolute Gasteiger partial charge is 0.263 e. The minimum Gasteiger partial charge on any atom is -0.298 e. The van der Waals surface area contributed by atoms with E-state index < -0.39 is 5.92 Å². The lowest BCUT2D eigenvalue weighted by molar-refractivity contribution is -0.136. The highest BCUT2D eigenvalue weighted by Gasteiger charge is 2.47. The molecule has 106 valence electrons. The van der Waals surface area contributed by atoms with Gasteiger partial charge in [0, 0.05) is 31.1 Å². The van der Waals surface area contributed by atoms with Crippen molar-refractivity contribution in [1.82, 2.24) is 9.80 Å². The van der Waals surface area contributed by atoms with Crippen LogP contribution in [0, 0.1) is 5.92 Å². The second-order valence-electron chi connectivity index (χ2n) is 6.21. The fraction of sp³-hybridized carbons (Fsp3) is 1.00. The van der Waals surface area contributed by atoms with E-state index >= 15 is 0 Å². The summed E-state index contributed by atoms with van der Waals surface area (Å²) in [6.45, 7) is 9.09. The molecule has 0 aliphatic carbocycles. The maximum Gasteiger partial charge on any atom is 0.263 e. The van der Waals surface area contributed by atoms with Crippen LogP contribution in [-0.4, -0.2) is 54.0 Å². The topological polar surface area (TPSA) is 6.48 Å². The standard InChI is InChI=1S/C14H26F2N2/c1-4-5-12-6-7-17(10-14(12,15)16)13-8-18(9-13)11(2)3/h11-13H,4-10H2,1-3H3. The first-order valence-electron chi connectivity index (χ1n) is 7.30. The predicted molar refractivity (Wildman–Crippen MR) is 70.0 cm³/mol. The summed E-state index contributed by atoms with van der Waals surface area (Å²) in [6, 6.07) is 0.903. The average molecular weight is 260 g/mol. The Labute approximate surface area is 109 Å². The van der Waals surface area contributed by atoms with Crippen LogP contribution in [0.3, 0.4) is 0 Å². The molecule has 2 aliphatic rings. The first-order valence-corrected chi connectivity index (χ1v) is 7.30. The Bertz CT molecular complexity index is 275. The van der Waals surface area contributed by atoms with E-state index in [4.69, 9.17) is 0 Å². The van der Waals surface area contributed by atoms with Gasteiger partial charge in [-0.25, -0.2) is 8.78 Å². The summed E-state index contributed by atoms with van der Waals surface area (Å²) in [7, 11) is 0. The van der Waals surface area contributed by atoms with Crippen molar-refractivity contribution in [1.29, 1.82) is 0 Å².